The highest BCUT2D eigenvalue weighted by Crippen LogP contribution is 2.54. The van der Waals surface area contributed by atoms with Gasteiger partial charge >= 0.3 is 24.0 Å². The Balaban J connectivity index is 2.85. The minimum Gasteiger partial charge on any atom is -0.478 e. The summed E-state index contributed by atoms with van der Waals surface area (Å²) in [6.45, 7) is 0. The molecule has 0 bridgehead atoms. The quantitative estimate of drug-likeness (QED) is 0.430. The molecule has 0 saturated carbocycles. The lowest BCUT2D eigenvalue weighted by atomic mass is 9.81. The Morgan fingerprint density at radius 1 is 0.724 bits per heavy atom. The van der Waals surface area contributed by atoms with Gasteiger partial charge in [-0.3, -0.25) is 0 Å². The number of carbonyl (C=O) groups is 2. The molecule has 0 aliphatic rings. The molecule has 6 nitrogen and oxygen atoms in total. The van der Waals surface area contributed by atoms with Gasteiger partial charge in [0.15, 0.2) is 0 Å². The molecule has 0 radical (unpaired) electrons. The number of hydrogen-bond donors (Lipinski definition) is 4. The largest absolute Gasteiger partial charge is 0.478 e. The molecule has 2 aromatic carbocycles. The molecular formula is C17H12F6N2O4. The molecule has 0 unspecified atom stereocenters. The Hall–Kier alpha value is -3.44. The number of hydrogen-bond acceptors (Lipinski definition) is 4. The number of nitrogens with two attached hydrogens (primary N) is 2. The van der Waals surface area contributed by atoms with E-state index in [0.717, 1.165) is 0 Å². The zero-order chi connectivity index (χ0) is 22.4. The molecule has 2 aromatic rings. The Morgan fingerprint density at radius 2 is 1.07 bits per heavy atom. The number of carboxylic acids is 2. The average molecular weight is 422 g/mol. The molecule has 12 heteroatoms. The van der Waals surface area contributed by atoms with Crippen molar-refractivity contribution in [2.24, 2.45) is 0 Å². The lowest BCUT2D eigenvalue weighted by Gasteiger charge is -2.35. The van der Waals surface area contributed by atoms with Gasteiger partial charge in [0.1, 0.15) is 0 Å². The number of alkyl halides is 6. The fourth-order valence-electron chi connectivity index (χ4n) is 2.67. The second-order valence-corrected chi connectivity index (χ2v) is 5.94. The number of nitrogen functional groups attached to an aromatic ring is 2. The molecule has 0 fully saturated rings. The summed E-state index contributed by atoms with van der Waals surface area (Å²) in [7, 11) is 0. The van der Waals surface area contributed by atoms with Crippen LogP contribution in [0.5, 0.6) is 0 Å². The van der Waals surface area contributed by atoms with E-state index in [4.69, 9.17) is 21.7 Å². The molecule has 2 rings (SSSR count). The van der Waals surface area contributed by atoms with E-state index in [-0.39, 0.29) is 0 Å². The van der Waals surface area contributed by atoms with Gasteiger partial charge in [-0.2, -0.15) is 22.0 Å². The average Bonchev–Trinajstić information content (AvgIpc) is 2.58. The highest BCUT2D eigenvalue weighted by Gasteiger charge is 2.72. The summed E-state index contributed by atoms with van der Waals surface area (Å²) in [6, 6.07) is 2.65. The van der Waals surface area contributed by atoms with Gasteiger partial charge < -0.3 is 21.7 Å². The first-order chi connectivity index (χ1) is 13.1. The lowest BCUT2D eigenvalue weighted by molar-refractivity contribution is -0.323. The molecule has 0 aromatic heterocycles. The van der Waals surface area contributed by atoms with Crippen LogP contribution in [-0.4, -0.2) is 34.3 Å². The van der Waals surface area contributed by atoms with Crippen molar-refractivity contribution < 1.29 is 46.1 Å². The Labute approximate surface area is 158 Å². The second-order valence-electron chi connectivity index (χ2n) is 5.94. The van der Waals surface area contributed by atoms with Gasteiger partial charge in [-0.1, -0.05) is 12.1 Å². The smallest absolute Gasteiger partial charge is 0.457 e. The minimum atomic E-state index is -6.37. The highest BCUT2D eigenvalue weighted by atomic mass is 19.4. The number of halogens is 6. The molecule has 0 heterocycles. The van der Waals surface area contributed by atoms with Crippen LogP contribution in [0.2, 0.25) is 0 Å². The fourth-order valence-corrected chi connectivity index (χ4v) is 2.67. The van der Waals surface area contributed by atoms with Crippen molar-refractivity contribution in [1.82, 2.24) is 0 Å². The normalized spacial score (nSPS) is 12.6. The first-order valence-corrected chi connectivity index (χ1v) is 7.54. The van der Waals surface area contributed by atoms with Crippen LogP contribution in [0, 0.1) is 0 Å². The van der Waals surface area contributed by atoms with E-state index in [9.17, 15) is 31.5 Å². The standard InChI is InChI=1S/C17H12F6N2O4/c18-15(16(19,20)17(21,22)23,7-1-3-9(13(26)27)11(24)5-7)8-2-4-10(14(28)29)12(25)6-8/h1-6H,24-25H2,(H,26,27)(H,28,29). The molecule has 0 atom stereocenters. The van der Waals surface area contributed by atoms with Gasteiger partial charge in [-0.05, 0) is 24.3 Å². The second kappa shape index (κ2) is 6.87. The maximum atomic E-state index is 15.7. The van der Waals surface area contributed by atoms with E-state index >= 15 is 4.39 Å². The molecule has 0 aliphatic carbocycles. The molecule has 0 saturated heterocycles. The number of anilines is 2. The van der Waals surface area contributed by atoms with Gasteiger partial charge in [0.2, 0.25) is 5.67 Å². The summed E-state index contributed by atoms with van der Waals surface area (Å²) in [4.78, 5) is 22.0. The van der Waals surface area contributed by atoms with Gasteiger partial charge in [-0.25, -0.2) is 14.0 Å². The van der Waals surface area contributed by atoms with E-state index in [1.54, 1.807) is 0 Å². The van der Waals surface area contributed by atoms with Crippen LogP contribution in [0.15, 0.2) is 36.4 Å². The Morgan fingerprint density at radius 3 is 1.31 bits per heavy atom. The van der Waals surface area contributed by atoms with Crippen LogP contribution in [0.4, 0.5) is 37.7 Å². The van der Waals surface area contributed by atoms with Crippen molar-refractivity contribution in [2.75, 3.05) is 11.5 Å². The van der Waals surface area contributed by atoms with Crippen LogP contribution in [0.25, 0.3) is 0 Å². The maximum absolute atomic E-state index is 15.7. The zero-order valence-electron chi connectivity index (χ0n) is 14.1. The number of aromatic carboxylic acids is 2. The van der Waals surface area contributed by atoms with E-state index in [0.29, 0.717) is 36.4 Å². The van der Waals surface area contributed by atoms with Gasteiger partial charge in [0, 0.05) is 22.5 Å². The van der Waals surface area contributed by atoms with Crippen LogP contribution >= 0.6 is 0 Å². The first-order valence-electron chi connectivity index (χ1n) is 7.54. The third kappa shape index (κ3) is 3.41. The Bertz CT molecular complexity index is 927. The third-order valence-electron chi connectivity index (χ3n) is 4.15. The first kappa shape index (κ1) is 21.9. The van der Waals surface area contributed by atoms with E-state index in [2.05, 4.69) is 0 Å². The predicted octanol–water partition coefficient (Wildman–Crippen LogP) is 3.66. The van der Waals surface area contributed by atoms with Crippen LogP contribution in [-0.2, 0) is 5.67 Å². The summed E-state index contributed by atoms with van der Waals surface area (Å²) < 4.78 is 83.5. The maximum Gasteiger partial charge on any atom is 0.457 e. The predicted molar refractivity (Wildman–Crippen MR) is 88.5 cm³/mol. The third-order valence-corrected chi connectivity index (χ3v) is 4.15. The summed E-state index contributed by atoms with van der Waals surface area (Å²) in [6.07, 6.45) is -6.37. The molecular weight excluding hydrogens is 410 g/mol. The van der Waals surface area contributed by atoms with E-state index in [1.807, 2.05) is 0 Å². The molecule has 0 amide bonds. The molecule has 0 aliphatic heterocycles. The lowest BCUT2D eigenvalue weighted by Crippen LogP contribution is -2.53. The van der Waals surface area contributed by atoms with Crippen molar-refractivity contribution in [3.63, 3.8) is 0 Å². The van der Waals surface area contributed by atoms with E-state index in [1.165, 1.54) is 0 Å². The van der Waals surface area contributed by atoms with Crippen LogP contribution < -0.4 is 11.5 Å². The zero-order valence-corrected chi connectivity index (χ0v) is 14.1. The SMILES string of the molecule is Nc1cc(C(F)(c2ccc(C(=O)O)c(N)c2)C(F)(F)C(F)(F)F)ccc1C(=O)O. The van der Waals surface area contributed by atoms with Gasteiger partial charge in [0.05, 0.1) is 11.1 Å². The van der Waals surface area contributed by atoms with Gasteiger partial charge in [0.25, 0.3) is 0 Å². The number of rotatable bonds is 5. The molecule has 0 spiro atoms. The summed E-state index contributed by atoms with van der Waals surface area (Å²) in [5.74, 6) is -9.25. The van der Waals surface area contributed by atoms with E-state index < -0.39 is 63.3 Å². The summed E-state index contributed by atoms with van der Waals surface area (Å²) in [5.41, 5.74) is 0.726. The van der Waals surface area contributed by atoms with Crippen molar-refractivity contribution in [2.45, 2.75) is 17.8 Å². The van der Waals surface area contributed by atoms with Gasteiger partial charge in [-0.15, -0.1) is 0 Å². The summed E-state index contributed by atoms with van der Waals surface area (Å²) in [5, 5.41) is 17.8. The van der Waals surface area contributed by atoms with Crippen LogP contribution in [0.3, 0.4) is 0 Å². The monoisotopic (exact) mass is 422 g/mol. The van der Waals surface area contributed by atoms with Crippen molar-refractivity contribution >= 4 is 23.3 Å². The minimum absolute atomic E-state index is 0.338. The molecule has 6 N–H and O–H groups in total. The summed E-state index contributed by atoms with van der Waals surface area (Å²) >= 11 is 0. The fraction of sp³-hybridized carbons (Fsp3) is 0.176. The number of carboxylic acid groups (broad SMARTS) is 2. The molecule has 29 heavy (non-hydrogen) atoms. The topological polar surface area (TPSA) is 127 Å². The van der Waals surface area contributed by atoms with Crippen molar-refractivity contribution in [1.29, 1.82) is 0 Å². The van der Waals surface area contributed by atoms with Crippen molar-refractivity contribution in [3.8, 4) is 0 Å². The van der Waals surface area contributed by atoms with Crippen molar-refractivity contribution in [3.05, 3.63) is 58.7 Å². The highest BCUT2D eigenvalue weighted by molar-refractivity contribution is 5.94. The van der Waals surface area contributed by atoms with Crippen LogP contribution in [0.1, 0.15) is 31.8 Å². The number of benzene rings is 2. The Kier molecular flexibility index (Phi) is 5.17. The molecule has 156 valence electrons.